The van der Waals surface area contributed by atoms with Gasteiger partial charge in [0.15, 0.2) is 11.5 Å². The molecule has 2 amide bonds. The third-order valence-corrected chi connectivity index (χ3v) is 6.76. The monoisotopic (exact) mass is 493 g/mol. The molecule has 0 aliphatic heterocycles. The third-order valence-electron chi connectivity index (χ3n) is 6.76. The summed E-state index contributed by atoms with van der Waals surface area (Å²) in [6.45, 7) is 2.50. The largest absolute Gasteiger partial charge is 0.493 e. The lowest BCUT2D eigenvalue weighted by atomic mass is 10.0. The van der Waals surface area contributed by atoms with Crippen LogP contribution in [0.3, 0.4) is 0 Å². The minimum atomic E-state index is -0.806. The van der Waals surface area contributed by atoms with Crippen LogP contribution >= 0.6 is 0 Å². The van der Waals surface area contributed by atoms with Gasteiger partial charge in [-0.25, -0.2) is 4.68 Å². The third kappa shape index (κ3) is 5.61. The van der Waals surface area contributed by atoms with Crippen molar-refractivity contribution in [3.63, 3.8) is 0 Å². The first kappa shape index (κ1) is 25.5. The van der Waals surface area contributed by atoms with Gasteiger partial charge in [0, 0.05) is 12.6 Å². The van der Waals surface area contributed by atoms with Crippen LogP contribution in [0.5, 0.6) is 11.5 Å². The summed E-state index contributed by atoms with van der Waals surface area (Å²) in [6.07, 6.45) is 5.77. The summed E-state index contributed by atoms with van der Waals surface area (Å²) in [5.41, 5.74) is 2.18. The van der Waals surface area contributed by atoms with Gasteiger partial charge in [0.2, 0.25) is 11.8 Å². The van der Waals surface area contributed by atoms with Crippen molar-refractivity contribution < 1.29 is 19.1 Å². The van der Waals surface area contributed by atoms with E-state index >= 15 is 0 Å². The van der Waals surface area contributed by atoms with Gasteiger partial charge in [-0.3, -0.25) is 9.59 Å². The molecule has 1 saturated carbocycles. The van der Waals surface area contributed by atoms with Crippen molar-refractivity contribution in [3.05, 3.63) is 48.0 Å². The number of nitrogens with zero attached hydrogens (tertiary/aromatic N) is 4. The molecule has 1 atom stereocenters. The van der Waals surface area contributed by atoms with Crippen molar-refractivity contribution in [2.24, 2.45) is 0 Å². The molecule has 36 heavy (non-hydrogen) atoms. The van der Waals surface area contributed by atoms with E-state index in [0.29, 0.717) is 23.6 Å². The average Bonchev–Trinajstić information content (AvgIpc) is 3.56. The minimum Gasteiger partial charge on any atom is -0.493 e. The Bertz CT molecular complexity index is 1190. The topological polar surface area (TPSA) is 98.6 Å². The zero-order chi connectivity index (χ0) is 25.5. The number of carbonyl (C=O) groups is 2. The van der Waals surface area contributed by atoms with Gasteiger partial charge < -0.3 is 19.7 Å². The van der Waals surface area contributed by atoms with E-state index in [4.69, 9.17) is 9.47 Å². The molecule has 9 nitrogen and oxygen atoms in total. The number of benzene rings is 2. The van der Waals surface area contributed by atoms with Crippen LogP contribution < -0.4 is 14.8 Å². The highest BCUT2D eigenvalue weighted by Gasteiger charge is 2.33. The maximum Gasteiger partial charge on any atom is 0.247 e. The molecule has 1 aliphatic carbocycles. The van der Waals surface area contributed by atoms with Gasteiger partial charge >= 0.3 is 0 Å². The fraction of sp³-hybridized carbons (Fsp3) is 0.481. The van der Waals surface area contributed by atoms with Gasteiger partial charge in [-0.2, -0.15) is 0 Å². The van der Waals surface area contributed by atoms with E-state index in [1.807, 2.05) is 30.3 Å². The Morgan fingerprint density at radius 3 is 2.58 bits per heavy atom. The number of aromatic nitrogens is 3. The lowest BCUT2D eigenvalue weighted by Crippen LogP contribution is -2.47. The van der Waals surface area contributed by atoms with Crippen molar-refractivity contribution in [1.29, 1.82) is 0 Å². The van der Waals surface area contributed by atoms with E-state index < -0.39 is 6.04 Å². The van der Waals surface area contributed by atoms with Gasteiger partial charge in [0.25, 0.3) is 0 Å². The van der Waals surface area contributed by atoms with Crippen LogP contribution in [-0.2, 0) is 16.1 Å². The van der Waals surface area contributed by atoms with E-state index in [9.17, 15) is 9.59 Å². The molecule has 4 rings (SSSR count). The molecular formula is C27H35N5O4. The van der Waals surface area contributed by atoms with Crippen molar-refractivity contribution >= 4 is 22.8 Å². The first-order chi connectivity index (χ1) is 17.5. The van der Waals surface area contributed by atoms with Gasteiger partial charge in [-0.05, 0) is 49.1 Å². The van der Waals surface area contributed by atoms with Crippen LogP contribution in [0.1, 0.15) is 57.1 Å². The van der Waals surface area contributed by atoms with Crippen molar-refractivity contribution in [3.8, 4) is 11.5 Å². The van der Waals surface area contributed by atoms with Crippen LogP contribution in [0, 0.1) is 0 Å². The summed E-state index contributed by atoms with van der Waals surface area (Å²) in [5, 5.41) is 11.6. The molecule has 9 heteroatoms. The Morgan fingerprint density at radius 2 is 1.86 bits per heavy atom. The normalized spacial score (nSPS) is 14.5. The summed E-state index contributed by atoms with van der Waals surface area (Å²) in [4.78, 5) is 29.2. The molecule has 2 aromatic carbocycles. The Hall–Kier alpha value is -3.62. The molecule has 1 fully saturated rings. The molecule has 1 aromatic heterocycles. The quantitative estimate of drug-likeness (QED) is 0.435. The summed E-state index contributed by atoms with van der Waals surface area (Å²) >= 11 is 0. The summed E-state index contributed by atoms with van der Waals surface area (Å²) < 4.78 is 12.5. The zero-order valence-electron chi connectivity index (χ0n) is 21.3. The van der Waals surface area contributed by atoms with Crippen molar-refractivity contribution in [2.75, 3.05) is 20.8 Å². The minimum absolute atomic E-state index is 0.00920. The van der Waals surface area contributed by atoms with E-state index in [1.54, 1.807) is 35.9 Å². The molecule has 1 heterocycles. The highest BCUT2D eigenvalue weighted by molar-refractivity contribution is 5.89. The van der Waals surface area contributed by atoms with Crippen LogP contribution in [0.25, 0.3) is 11.0 Å². The number of para-hydroxylation sites is 1. The predicted molar refractivity (Wildman–Crippen MR) is 137 cm³/mol. The first-order valence-electron chi connectivity index (χ1n) is 12.7. The Morgan fingerprint density at radius 1 is 1.11 bits per heavy atom. The summed E-state index contributed by atoms with van der Waals surface area (Å²) in [5.74, 6) is 0.707. The van der Waals surface area contributed by atoms with Crippen molar-refractivity contribution in [1.82, 2.24) is 25.2 Å². The number of hydrogen-bond acceptors (Lipinski definition) is 6. The van der Waals surface area contributed by atoms with Crippen LogP contribution in [0.2, 0.25) is 0 Å². The van der Waals surface area contributed by atoms with Gasteiger partial charge in [-0.15, -0.1) is 5.10 Å². The molecular weight excluding hydrogens is 458 g/mol. The smallest absolute Gasteiger partial charge is 0.247 e. The van der Waals surface area contributed by atoms with Gasteiger partial charge in [0.05, 0.1) is 19.7 Å². The average molecular weight is 494 g/mol. The number of hydrogen-bond donors (Lipinski definition) is 1. The molecule has 1 aliphatic rings. The number of ether oxygens (including phenoxy) is 2. The van der Waals surface area contributed by atoms with E-state index in [2.05, 4.69) is 22.6 Å². The van der Waals surface area contributed by atoms with E-state index in [1.165, 1.54) is 0 Å². The standard InChI is InChI=1S/C27H35N5O4/c1-4-5-16-31(25(33)18-32-22-13-9-8-12-21(22)29-30-32)26(27(34)28-20-10-6-7-11-20)19-14-15-23(35-2)24(17-19)36-3/h8-9,12-15,17,20,26H,4-7,10-11,16,18H2,1-3H3,(H,28,34)/t26-/m1/s1. The molecule has 3 aromatic rings. The molecule has 1 N–H and O–H groups in total. The highest BCUT2D eigenvalue weighted by Crippen LogP contribution is 2.33. The predicted octanol–water partition coefficient (Wildman–Crippen LogP) is 3.88. The lowest BCUT2D eigenvalue weighted by molar-refractivity contribution is -0.141. The second-order valence-corrected chi connectivity index (χ2v) is 9.18. The first-order valence-corrected chi connectivity index (χ1v) is 12.7. The number of fused-ring (bicyclic) bond motifs is 1. The Kier molecular flexibility index (Phi) is 8.40. The van der Waals surface area contributed by atoms with E-state index in [0.717, 1.165) is 49.6 Å². The molecule has 0 spiro atoms. The van der Waals surface area contributed by atoms with Gasteiger partial charge in [0.1, 0.15) is 18.1 Å². The number of methoxy groups -OCH3 is 2. The fourth-order valence-electron chi connectivity index (χ4n) is 4.83. The number of carbonyl (C=O) groups excluding carboxylic acids is 2. The summed E-state index contributed by atoms with van der Waals surface area (Å²) in [7, 11) is 3.13. The zero-order valence-corrected chi connectivity index (χ0v) is 21.3. The SMILES string of the molecule is CCCCN(C(=O)Cn1nnc2ccccc21)[C@@H](C(=O)NC1CCCC1)c1ccc(OC)c(OC)c1. The second-order valence-electron chi connectivity index (χ2n) is 9.18. The van der Waals surface area contributed by atoms with Crippen LogP contribution in [0.4, 0.5) is 0 Å². The molecule has 0 bridgehead atoms. The molecule has 0 radical (unpaired) electrons. The summed E-state index contributed by atoms with van der Waals surface area (Å²) in [6, 6.07) is 12.2. The maximum absolute atomic E-state index is 13.8. The number of nitrogens with one attached hydrogen (secondary N) is 1. The second kappa shape index (κ2) is 11.9. The fourth-order valence-corrected chi connectivity index (χ4v) is 4.83. The number of rotatable bonds is 11. The lowest BCUT2D eigenvalue weighted by Gasteiger charge is -2.32. The van der Waals surface area contributed by atoms with E-state index in [-0.39, 0.29) is 24.4 Å². The maximum atomic E-state index is 13.8. The molecule has 192 valence electrons. The number of amides is 2. The Labute approximate surface area is 211 Å². The molecule has 0 saturated heterocycles. The van der Waals surface area contributed by atoms with Crippen LogP contribution in [0.15, 0.2) is 42.5 Å². The molecule has 0 unspecified atom stereocenters. The highest BCUT2D eigenvalue weighted by atomic mass is 16.5. The van der Waals surface area contributed by atoms with Crippen molar-refractivity contribution in [2.45, 2.75) is 64.1 Å². The van der Waals surface area contributed by atoms with Crippen LogP contribution in [-0.4, -0.2) is 58.5 Å². The Balaban J connectivity index is 1.70. The van der Waals surface area contributed by atoms with Gasteiger partial charge in [-0.1, -0.05) is 49.6 Å². The number of unbranched alkanes of at least 4 members (excludes halogenated alkanes) is 1.